The number of amides is 2. The molecule has 19 heavy (non-hydrogen) atoms. The van der Waals surface area contributed by atoms with Crippen LogP contribution < -0.4 is 10.6 Å². The van der Waals surface area contributed by atoms with Gasteiger partial charge in [-0.25, -0.2) is 4.79 Å². The van der Waals surface area contributed by atoms with Crippen molar-refractivity contribution in [3.8, 4) is 0 Å². The molecule has 1 rings (SSSR count). The highest BCUT2D eigenvalue weighted by Gasteiger charge is 2.30. The average molecular weight is 271 g/mol. The Morgan fingerprint density at radius 2 is 2.00 bits per heavy atom. The number of rotatable bonds is 2. The molecule has 0 aromatic carbocycles. The first kappa shape index (κ1) is 15.8. The summed E-state index contributed by atoms with van der Waals surface area (Å²) in [6.07, 6.45) is -0.364. The zero-order chi connectivity index (χ0) is 14.6. The van der Waals surface area contributed by atoms with Gasteiger partial charge in [-0.2, -0.15) is 0 Å². The molecule has 0 saturated carbocycles. The second-order valence-corrected chi connectivity index (χ2v) is 6.10. The Morgan fingerprint density at radius 3 is 2.53 bits per heavy atom. The van der Waals surface area contributed by atoms with E-state index in [1.165, 1.54) is 0 Å². The van der Waals surface area contributed by atoms with Crippen molar-refractivity contribution in [2.75, 3.05) is 19.6 Å². The highest BCUT2D eigenvalue weighted by molar-refractivity contribution is 5.83. The first-order valence-corrected chi connectivity index (χ1v) is 6.71. The standard InChI is InChI=1S/C13H25N3O3/c1-9(2)15-11(17)10-8-16(7-6-14-10)12(18)19-13(3,4)5/h9-10,14H,6-8H2,1-5H3,(H,15,17). The molecule has 2 amide bonds. The van der Waals surface area contributed by atoms with Crippen molar-refractivity contribution in [2.45, 2.75) is 52.3 Å². The van der Waals surface area contributed by atoms with Crippen molar-refractivity contribution in [1.29, 1.82) is 0 Å². The van der Waals surface area contributed by atoms with Crippen LogP contribution in [-0.2, 0) is 9.53 Å². The van der Waals surface area contributed by atoms with Gasteiger partial charge in [0.15, 0.2) is 0 Å². The molecule has 0 aromatic rings. The number of carbonyl (C=O) groups is 2. The highest BCUT2D eigenvalue weighted by atomic mass is 16.6. The Kier molecular flexibility index (Phi) is 5.17. The first-order valence-electron chi connectivity index (χ1n) is 6.71. The number of hydrogen-bond acceptors (Lipinski definition) is 4. The van der Waals surface area contributed by atoms with Gasteiger partial charge in [0.1, 0.15) is 11.6 Å². The molecule has 1 aliphatic heterocycles. The minimum Gasteiger partial charge on any atom is -0.444 e. The maximum atomic E-state index is 11.9. The Balaban J connectivity index is 2.54. The molecule has 0 aliphatic carbocycles. The zero-order valence-corrected chi connectivity index (χ0v) is 12.4. The lowest BCUT2D eigenvalue weighted by Gasteiger charge is -2.34. The predicted octanol–water partition coefficient (Wildman–Crippen LogP) is 0.720. The molecule has 1 unspecified atom stereocenters. The second-order valence-electron chi connectivity index (χ2n) is 6.10. The van der Waals surface area contributed by atoms with Gasteiger partial charge in [0.05, 0.1) is 0 Å². The van der Waals surface area contributed by atoms with Crippen molar-refractivity contribution in [1.82, 2.24) is 15.5 Å². The molecule has 110 valence electrons. The van der Waals surface area contributed by atoms with E-state index in [-0.39, 0.29) is 24.1 Å². The second kappa shape index (κ2) is 6.23. The van der Waals surface area contributed by atoms with Gasteiger partial charge in [-0.1, -0.05) is 0 Å². The Hall–Kier alpha value is -1.30. The predicted molar refractivity (Wildman–Crippen MR) is 72.9 cm³/mol. The molecular formula is C13H25N3O3. The van der Waals surface area contributed by atoms with E-state index in [0.29, 0.717) is 19.6 Å². The number of ether oxygens (including phenoxy) is 1. The number of nitrogens with zero attached hydrogens (tertiary/aromatic N) is 1. The van der Waals surface area contributed by atoms with E-state index in [1.54, 1.807) is 4.90 Å². The molecule has 6 heteroatoms. The quantitative estimate of drug-likeness (QED) is 0.776. The van der Waals surface area contributed by atoms with Gasteiger partial charge in [0.2, 0.25) is 5.91 Å². The van der Waals surface area contributed by atoms with E-state index < -0.39 is 5.60 Å². The van der Waals surface area contributed by atoms with E-state index in [4.69, 9.17) is 4.74 Å². The normalized spacial score (nSPS) is 20.3. The van der Waals surface area contributed by atoms with Crippen LogP contribution in [0.4, 0.5) is 4.79 Å². The van der Waals surface area contributed by atoms with E-state index >= 15 is 0 Å². The minimum absolute atomic E-state index is 0.0803. The largest absolute Gasteiger partial charge is 0.444 e. The molecule has 1 aliphatic rings. The lowest BCUT2D eigenvalue weighted by molar-refractivity contribution is -0.124. The summed E-state index contributed by atoms with van der Waals surface area (Å²) >= 11 is 0. The minimum atomic E-state index is -0.516. The summed E-state index contributed by atoms with van der Waals surface area (Å²) in [6.45, 7) is 10.8. The summed E-state index contributed by atoms with van der Waals surface area (Å²) in [7, 11) is 0. The summed E-state index contributed by atoms with van der Waals surface area (Å²) < 4.78 is 5.31. The van der Waals surface area contributed by atoms with E-state index in [2.05, 4.69) is 10.6 Å². The number of carbonyl (C=O) groups excluding carboxylic acids is 2. The van der Waals surface area contributed by atoms with Crippen molar-refractivity contribution >= 4 is 12.0 Å². The third kappa shape index (κ3) is 5.46. The molecule has 0 radical (unpaired) electrons. The van der Waals surface area contributed by atoms with E-state index in [1.807, 2.05) is 34.6 Å². The monoisotopic (exact) mass is 271 g/mol. The van der Waals surface area contributed by atoms with Gasteiger partial charge < -0.3 is 20.3 Å². The molecular weight excluding hydrogens is 246 g/mol. The van der Waals surface area contributed by atoms with Crippen molar-refractivity contribution in [3.63, 3.8) is 0 Å². The van der Waals surface area contributed by atoms with Crippen LogP contribution in [0.3, 0.4) is 0 Å². The number of nitrogens with one attached hydrogen (secondary N) is 2. The van der Waals surface area contributed by atoms with Gasteiger partial charge in [0.25, 0.3) is 0 Å². The molecule has 1 fully saturated rings. The van der Waals surface area contributed by atoms with Crippen LogP contribution in [0, 0.1) is 0 Å². The summed E-state index contributed by atoms with van der Waals surface area (Å²) in [5.74, 6) is -0.0803. The Bertz CT molecular complexity index is 337. The van der Waals surface area contributed by atoms with E-state index in [9.17, 15) is 9.59 Å². The van der Waals surface area contributed by atoms with Gasteiger partial charge >= 0.3 is 6.09 Å². The topological polar surface area (TPSA) is 70.7 Å². The van der Waals surface area contributed by atoms with Crippen LogP contribution in [0.25, 0.3) is 0 Å². The van der Waals surface area contributed by atoms with Gasteiger partial charge in [0, 0.05) is 25.7 Å². The summed E-state index contributed by atoms with van der Waals surface area (Å²) in [5, 5.41) is 5.95. The fourth-order valence-corrected chi connectivity index (χ4v) is 1.80. The summed E-state index contributed by atoms with van der Waals surface area (Å²) in [6, 6.07) is -0.283. The molecule has 2 N–H and O–H groups in total. The third-order valence-corrected chi connectivity index (χ3v) is 2.57. The first-order chi connectivity index (χ1) is 8.69. The van der Waals surface area contributed by atoms with Crippen molar-refractivity contribution in [2.24, 2.45) is 0 Å². The maximum absolute atomic E-state index is 11.9. The van der Waals surface area contributed by atoms with Crippen LogP contribution in [-0.4, -0.2) is 54.2 Å². The highest BCUT2D eigenvalue weighted by Crippen LogP contribution is 2.11. The van der Waals surface area contributed by atoms with E-state index in [0.717, 1.165) is 0 Å². The van der Waals surface area contributed by atoms with Gasteiger partial charge in [-0.05, 0) is 34.6 Å². The summed E-state index contributed by atoms with van der Waals surface area (Å²) in [4.78, 5) is 25.4. The van der Waals surface area contributed by atoms with Gasteiger partial charge in [-0.3, -0.25) is 4.79 Å². The third-order valence-electron chi connectivity index (χ3n) is 2.57. The van der Waals surface area contributed by atoms with Crippen LogP contribution in [0.5, 0.6) is 0 Å². The molecule has 1 atom stereocenters. The van der Waals surface area contributed by atoms with Crippen LogP contribution in [0.1, 0.15) is 34.6 Å². The lowest BCUT2D eigenvalue weighted by atomic mass is 10.2. The Morgan fingerprint density at radius 1 is 1.37 bits per heavy atom. The average Bonchev–Trinajstić information content (AvgIpc) is 2.26. The Labute approximate surface area is 114 Å². The fourth-order valence-electron chi connectivity index (χ4n) is 1.80. The lowest BCUT2D eigenvalue weighted by Crippen LogP contribution is -2.59. The molecule has 0 spiro atoms. The summed E-state index contributed by atoms with van der Waals surface area (Å²) in [5.41, 5.74) is -0.516. The van der Waals surface area contributed by atoms with Crippen LogP contribution >= 0.6 is 0 Å². The van der Waals surface area contributed by atoms with Crippen LogP contribution in [0.2, 0.25) is 0 Å². The SMILES string of the molecule is CC(C)NC(=O)C1CN(C(=O)OC(C)(C)C)CCN1. The number of hydrogen-bond donors (Lipinski definition) is 2. The maximum Gasteiger partial charge on any atom is 0.410 e. The molecule has 1 saturated heterocycles. The zero-order valence-electron chi connectivity index (χ0n) is 12.4. The molecule has 0 aromatic heterocycles. The van der Waals surface area contributed by atoms with Gasteiger partial charge in [-0.15, -0.1) is 0 Å². The number of piperazine rings is 1. The van der Waals surface area contributed by atoms with Crippen molar-refractivity contribution in [3.05, 3.63) is 0 Å². The van der Waals surface area contributed by atoms with Crippen LogP contribution in [0.15, 0.2) is 0 Å². The molecule has 1 heterocycles. The fraction of sp³-hybridized carbons (Fsp3) is 0.846. The smallest absolute Gasteiger partial charge is 0.410 e. The van der Waals surface area contributed by atoms with Crippen molar-refractivity contribution < 1.29 is 14.3 Å². The molecule has 0 bridgehead atoms. The molecule has 6 nitrogen and oxygen atoms in total.